The van der Waals surface area contributed by atoms with Gasteiger partial charge in [0.2, 0.25) is 0 Å². The molecule has 0 spiro atoms. The Morgan fingerprint density at radius 2 is 2.08 bits per heavy atom. The largest absolute Gasteiger partial charge is 0.357 e. The number of benzene rings is 1. The molecule has 1 aromatic carbocycles. The molecule has 0 aliphatic heterocycles. The molecule has 0 unspecified atom stereocenters. The molecule has 138 valence electrons. The second-order valence-electron chi connectivity index (χ2n) is 6.60. The highest BCUT2D eigenvalue weighted by Gasteiger charge is 2.19. The Hall–Kier alpha value is -1.28. The fraction of sp³-hybridized carbons (Fsp3) is 0.444. The highest BCUT2D eigenvalue weighted by molar-refractivity contribution is 14.0. The van der Waals surface area contributed by atoms with E-state index in [2.05, 4.69) is 52.7 Å². The summed E-state index contributed by atoms with van der Waals surface area (Å²) in [5.74, 6) is 0.811. The van der Waals surface area contributed by atoms with Crippen LogP contribution >= 0.6 is 35.6 Å². The van der Waals surface area contributed by atoms with E-state index >= 15 is 0 Å². The number of aromatic nitrogens is 2. The molecule has 0 saturated heterocycles. The van der Waals surface area contributed by atoms with Crippen molar-refractivity contribution < 1.29 is 0 Å². The molecule has 0 aliphatic rings. The Morgan fingerprint density at radius 1 is 1.28 bits per heavy atom. The maximum absolute atomic E-state index is 6.08. The highest BCUT2D eigenvalue weighted by atomic mass is 127. The Labute approximate surface area is 172 Å². The van der Waals surface area contributed by atoms with Gasteiger partial charge in [0.05, 0.1) is 12.2 Å². The summed E-state index contributed by atoms with van der Waals surface area (Å²) in [6.45, 7) is 8.74. The van der Waals surface area contributed by atoms with Gasteiger partial charge in [-0.25, -0.2) is 4.99 Å². The van der Waals surface area contributed by atoms with Gasteiger partial charge in [-0.1, -0.05) is 37.6 Å². The molecule has 0 aliphatic carbocycles. The number of H-pyrrole nitrogens is 1. The summed E-state index contributed by atoms with van der Waals surface area (Å²) < 4.78 is 0. The molecule has 2 rings (SSSR count). The number of hydrogen-bond acceptors (Lipinski definition) is 2. The molecule has 0 radical (unpaired) electrons. The van der Waals surface area contributed by atoms with E-state index < -0.39 is 0 Å². The van der Waals surface area contributed by atoms with Crippen LogP contribution in [0, 0.1) is 5.41 Å². The molecule has 1 aromatic heterocycles. The number of halogens is 2. The second kappa shape index (κ2) is 10.7. The summed E-state index contributed by atoms with van der Waals surface area (Å²) in [6, 6.07) is 9.97. The van der Waals surface area contributed by atoms with Crippen LogP contribution in [0.25, 0.3) is 0 Å². The lowest BCUT2D eigenvalue weighted by Gasteiger charge is -2.26. The molecule has 25 heavy (non-hydrogen) atoms. The number of guanidine groups is 1. The first-order valence-electron chi connectivity index (χ1n) is 8.23. The molecule has 0 fully saturated rings. The van der Waals surface area contributed by atoms with Gasteiger partial charge in [0.25, 0.3) is 0 Å². The summed E-state index contributed by atoms with van der Waals surface area (Å²) in [7, 11) is 0. The average molecular weight is 476 g/mol. The lowest BCUT2D eigenvalue weighted by Crippen LogP contribution is -2.42. The molecule has 7 heteroatoms. The van der Waals surface area contributed by atoms with Gasteiger partial charge < -0.3 is 10.6 Å². The summed E-state index contributed by atoms with van der Waals surface area (Å²) in [4.78, 5) is 4.58. The zero-order valence-electron chi connectivity index (χ0n) is 15.0. The average Bonchev–Trinajstić information content (AvgIpc) is 3.03. The lowest BCUT2D eigenvalue weighted by atomic mass is 9.86. The first kappa shape index (κ1) is 21.8. The fourth-order valence-corrected chi connectivity index (χ4v) is 2.68. The third-order valence-electron chi connectivity index (χ3n) is 3.62. The van der Waals surface area contributed by atoms with Crippen LogP contribution in [0.3, 0.4) is 0 Å². The summed E-state index contributed by atoms with van der Waals surface area (Å²) in [6.07, 6.45) is 2.68. The quantitative estimate of drug-likeness (QED) is 0.322. The minimum atomic E-state index is 0. The van der Waals surface area contributed by atoms with E-state index in [-0.39, 0.29) is 29.4 Å². The third kappa shape index (κ3) is 8.09. The molecule has 5 nitrogen and oxygen atoms in total. The number of nitrogens with zero attached hydrogens (tertiary/aromatic N) is 2. The van der Waals surface area contributed by atoms with Crippen LogP contribution in [0.5, 0.6) is 0 Å². The minimum absolute atomic E-state index is 0. The van der Waals surface area contributed by atoms with Crippen LogP contribution in [0.4, 0.5) is 0 Å². The molecular formula is C18H27ClIN5. The second-order valence-corrected chi connectivity index (χ2v) is 7.04. The Bertz CT molecular complexity index is 655. The van der Waals surface area contributed by atoms with E-state index in [0.717, 1.165) is 36.2 Å². The topological polar surface area (TPSA) is 65.1 Å². The summed E-state index contributed by atoms with van der Waals surface area (Å²) >= 11 is 6.08. The maximum atomic E-state index is 6.08. The summed E-state index contributed by atoms with van der Waals surface area (Å²) in [5.41, 5.74) is 2.31. The van der Waals surface area contributed by atoms with Gasteiger partial charge >= 0.3 is 0 Å². The zero-order valence-corrected chi connectivity index (χ0v) is 18.1. The number of hydrogen-bond donors (Lipinski definition) is 3. The van der Waals surface area contributed by atoms with Gasteiger partial charge in [-0.15, -0.1) is 24.0 Å². The number of nitrogens with one attached hydrogen (secondary N) is 3. The Morgan fingerprint density at radius 3 is 2.72 bits per heavy atom. The van der Waals surface area contributed by atoms with Crippen molar-refractivity contribution in [2.45, 2.75) is 33.7 Å². The van der Waals surface area contributed by atoms with Crippen LogP contribution < -0.4 is 10.6 Å². The van der Waals surface area contributed by atoms with Crippen LogP contribution in [0.2, 0.25) is 5.02 Å². The van der Waals surface area contributed by atoms with E-state index in [1.54, 1.807) is 6.20 Å². The van der Waals surface area contributed by atoms with E-state index in [9.17, 15) is 0 Å². The molecular weight excluding hydrogens is 449 g/mol. The van der Waals surface area contributed by atoms with Crippen molar-refractivity contribution in [3.63, 3.8) is 0 Å². The molecule has 0 amide bonds. The van der Waals surface area contributed by atoms with Crippen molar-refractivity contribution in [3.05, 3.63) is 52.8 Å². The molecule has 0 bridgehead atoms. The van der Waals surface area contributed by atoms with Crippen molar-refractivity contribution in [2.75, 3.05) is 13.1 Å². The van der Waals surface area contributed by atoms with Crippen LogP contribution in [-0.4, -0.2) is 29.2 Å². The van der Waals surface area contributed by atoms with Gasteiger partial charge in [-0.2, -0.15) is 5.10 Å². The summed E-state index contributed by atoms with van der Waals surface area (Å²) in [5, 5.41) is 14.3. The predicted molar refractivity (Wildman–Crippen MR) is 116 cm³/mol. The molecule has 1 heterocycles. The molecule has 2 aromatic rings. The number of aliphatic imine (C=N–C) groups is 1. The molecule has 0 atom stereocenters. The standard InChI is InChI=1S/C18H26ClN5.HI/c1-4-20-17(21-12-16-8-9-23-24-16)22-13-18(2,3)11-14-6-5-7-15(19)10-14;/h5-10H,4,11-13H2,1-3H3,(H,23,24)(H2,20,21,22);1H. The van der Waals surface area contributed by atoms with Gasteiger partial charge in [0.1, 0.15) is 0 Å². The first-order valence-corrected chi connectivity index (χ1v) is 8.61. The van der Waals surface area contributed by atoms with Crippen LogP contribution in [0.15, 0.2) is 41.5 Å². The van der Waals surface area contributed by atoms with Crippen molar-refractivity contribution in [1.29, 1.82) is 0 Å². The zero-order chi connectivity index (χ0) is 17.4. The third-order valence-corrected chi connectivity index (χ3v) is 3.85. The molecule has 3 N–H and O–H groups in total. The van der Waals surface area contributed by atoms with Crippen molar-refractivity contribution in [3.8, 4) is 0 Å². The van der Waals surface area contributed by atoms with Gasteiger partial charge in [0, 0.05) is 24.3 Å². The van der Waals surface area contributed by atoms with E-state index in [1.165, 1.54) is 5.56 Å². The van der Waals surface area contributed by atoms with Crippen molar-refractivity contribution in [2.24, 2.45) is 10.4 Å². The van der Waals surface area contributed by atoms with Gasteiger partial charge in [-0.3, -0.25) is 5.10 Å². The SMILES string of the molecule is CCNC(=NCc1ccn[nH]1)NCC(C)(C)Cc1cccc(Cl)c1.I. The van der Waals surface area contributed by atoms with Crippen LogP contribution in [-0.2, 0) is 13.0 Å². The lowest BCUT2D eigenvalue weighted by molar-refractivity contribution is 0.359. The molecule has 0 saturated carbocycles. The van der Waals surface area contributed by atoms with Crippen LogP contribution in [0.1, 0.15) is 32.0 Å². The minimum Gasteiger partial charge on any atom is -0.357 e. The Kier molecular flexibility index (Phi) is 9.27. The normalized spacial score (nSPS) is 11.8. The van der Waals surface area contributed by atoms with Crippen molar-refractivity contribution >= 4 is 41.5 Å². The predicted octanol–water partition coefficient (Wildman–Crippen LogP) is 4.01. The van der Waals surface area contributed by atoms with E-state index in [4.69, 9.17) is 11.6 Å². The maximum Gasteiger partial charge on any atom is 0.191 e. The smallest absolute Gasteiger partial charge is 0.191 e. The number of rotatable bonds is 7. The number of aromatic amines is 1. The first-order chi connectivity index (χ1) is 11.5. The van der Waals surface area contributed by atoms with Crippen molar-refractivity contribution in [1.82, 2.24) is 20.8 Å². The van der Waals surface area contributed by atoms with Gasteiger partial charge in [0.15, 0.2) is 5.96 Å². The highest BCUT2D eigenvalue weighted by Crippen LogP contribution is 2.22. The van der Waals surface area contributed by atoms with Gasteiger partial charge in [-0.05, 0) is 42.5 Å². The monoisotopic (exact) mass is 475 g/mol. The Balaban J connectivity index is 0.00000312. The van der Waals surface area contributed by atoms with E-state index in [0.29, 0.717) is 6.54 Å². The van der Waals surface area contributed by atoms with E-state index in [1.807, 2.05) is 24.3 Å². The fourth-order valence-electron chi connectivity index (χ4n) is 2.46.